The molecular formula is C16H16ClNO3. The number of hydrogen-bond donors (Lipinski definition) is 2. The van der Waals surface area contributed by atoms with Crippen LogP contribution in [0.1, 0.15) is 12.0 Å². The van der Waals surface area contributed by atoms with E-state index in [0.29, 0.717) is 10.7 Å². The van der Waals surface area contributed by atoms with E-state index in [4.69, 9.17) is 11.6 Å². The summed E-state index contributed by atoms with van der Waals surface area (Å²) in [6.45, 7) is 1.88. The third kappa shape index (κ3) is 2.44. The number of amides is 1. The molecule has 0 saturated heterocycles. The first kappa shape index (κ1) is 14.1. The van der Waals surface area contributed by atoms with Gasteiger partial charge >= 0.3 is 5.97 Å². The van der Waals surface area contributed by atoms with Gasteiger partial charge in [0.2, 0.25) is 5.91 Å². The van der Waals surface area contributed by atoms with Gasteiger partial charge in [-0.05, 0) is 42.9 Å². The molecule has 4 atom stereocenters. The summed E-state index contributed by atoms with van der Waals surface area (Å²) in [5, 5.41) is 12.7. The normalized spacial score (nSPS) is 29.6. The Kier molecular flexibility index (Phi) is 3.49. The van der Waals surface area contributed by atoms with E-state index in [1.54, 1.807) is 12.1 Å². The topological polar surface area (TPSA) is 66.4 Å². The minimum absolute atomic E-state index is 0.0233. The highest BCUT2D eigenvalue weighted by Crippen LogP contribution is 2.48. The van der Waals surface area contributed by atoms with Gasteiger partial charge in [-0.3, -0.25) is 9.59 Å². The maximum Gasteiger partial charge on any atom is 0.307 e. The molecule has 1 aromatic rings. The number of nitrogens with one attached hydrogen (secondary N) is 1. The Hall–Kier alpha value is -1.81. The van der Waals surface area contributed by atoms with Crippen molar-refractivity contribution in [2.75, 3.05) is 5.32 Å². The fraction of sp³-hybridized carbons (Fsp3) is 0.375. The summed E-state index contributed by atoms with van der Waals surface area (Å²) in [6.07, 6.45) is 4.65. The molecule has 2 aliphatic rings. The number of halogens is 1. The standard InChI is InChI=1S/C16H16ClNO3/c1-8-2-5-11(7-12(8)17)18-15(19)13-9-3-4-10(6-9)14(13)16(20)21/h2-5,7,9-10,13-14H,6H2,1H3,(H,18,19)(H,20,21)/t9?,10?,13-,14+/m0/s1. The predicted molar refractivity (Wildman–Crippen MR) is 80.2 cm³/mol. The Morgan fingerprint density at radius 2 is 1.90 bits per heavy atom. The molecule has 0 heterocycles. The van der Waals surface area contributed by atoms with Crippen molar-refractivity contribution < 1.29 is 14.7 Å². The summed E-state index contributed by atoms with van der Waals surface area (Å²) >= 11 is 6.04. The van der Waals surface area contributed by atoms with E-state index in [9.17, 15) is 14.7 Å². The van der Waals surface area contributed by atoms with Crippen LogP contribution in [0.3, 0.4) is 0 Å². The van der Waals surface area contributed by atoms with E-state index in [-0.39, 0.29) is 17.7 Å². The molecule has 0 spiro atoms. The first-order valence-electron chi connectivity index (χ1n) is 6.95. The Labute approximate surface area is 127 Å². The molecule has 2 N–H and O–H groups in total. The Morgan fingerprint density at radius 1 is 1.24 bits per heavy atom. The number of rotatable bonds is 3. The molecule has 2 aliphatic carbocycles. The molecule has 1 fully saturated rings. The number of allylic oxidation sites excluding steroid dienone is 2. The average Bonchev–Trinajstić information content (AvgIpc) is 3.03. The van der Waals surface area contributed by atoms with Crippen LogP contribution in [-0.2, 0) is 9.59 Å². The SMILES string of the molecule is Cc1ccc(NC(=O)[C@H]2C3C=CC(C3)[C@H]2C(=O)O)cc1Cl. The van der Waals surface area contributed by atoms with Crippen molar-refractivity contribution in [1.29, 1.82) is 0 Å². The lowest BCUT2D eigenvalue weighted by Crippen LogP contribution is -2.36. The van der Waals surface area contributed by atoms with E-state index in [0.717, 1.165) is 12.0 Å². The molecule has 4 nitrogen and oxygen atoms in total. The smallest absolute Gasteiger partial charge is 0.307 e. The van der Waals surface area contributed by atoms with Gasteiger partial charge in [0.1, 0.15) is 0 Å². The van der Waals surface area contributed by atoms with Crippen molar-refractivity contribution in [2.24, 2.45) is 23.7 Å². The van der Waals surface area contributed by atoms with Gasteiger partial charge < -0.3 is 10.4 Å². The van der Waals surface area contributed by atoms with E-state index in [2.05, 4.69) is 5.32 Å². The molecule has 1 amide bonds. The molecule has 21 heavy (non-hydrogen) atoms. The highest BCUT2D eigenvalue weighted by Gasteiger charge is 2.51. The second kappa shape index (κ2) is 5.19. The molecular weight excluding hydrogens is 290 g/mol. The minimum Gasteiger partial charge on any atom is -0.481 e. The zero-order valence-corrected chi connectivity index (χ0v) is 12.3. The van der Waals surface area contributed by atoms with Crippen LogP contribution in [0.5, 0.6) is 0 Å². The second-order valence-electron chi connectivity index (χ2n) is 5.79. The number of carbonyl (C=O) groups is 2. The van der Waals surface area contributed by atoms with E-state index < -0.39 is 17.8 Å². The highest BCUT2D eigenvalue weighted by molar-refractivity contribution is 6.31. The van der Waals surface area contributed by atoms with Crippen molar-refractivity contribution in [2.45, 2.75) is 13.3 Å². The van der Waals surface area contributed by atoms with Crippen LogP contribution < -0.4 is 5.32 Å². The van der Waals surface area contributed by atoms with Crippen LogP contribution in [0.25, 0.3) is 0 Å². The maximum atomic E-state index is 12.5. The number of carbonyl (C=O) groups excluding carboxylic acids is 1. The van der Waals surface area contributed by atoms with Gasteiger partial charge in [-0.25, -0.2) is 0 Å². The zero-order valence-electron chi connectivity index (χ0n) is 11.5. The lowest BCUT2D eigenvalue weighted by Gasteiger charge is -2.23. The number of aliphatic carboxylic acids is 1. The van der Waals surface area contributed by atoms with Crippen LogP contribution in [0.2, 0.25) is 5.02 Å². The van der Waals surface area contributed by atoms with Crippen molar-refractivity contribution in [3.05, 3.63) is 40.9 Å². The second-order valence-corrected chi connectivity index (χ2v) is 6.20. The summed E-state index contributed by atoms with van der Waals surface area (Å²) in [5.74, 6) is -2.26. The Bertz CT molecular complexity index is 640. The minimum atomic E-state index is -0.895. The number of benzene rings is 1. The van der Waals surface area contributed by atoms with Gasteiger partial charge in [0.25, 0.3) is 0 Å². The molecule has 5 heteroatoms. The number of hydrogen-bond acceptors (Lipinski definition) is 2. The van der Waals surface area contributed by atoms with Crippen molar-refractivity contribution in [3.63, 3.8) is 0 Å². The summed E-state index contributed by atoms with van der Waals surface area (Å²) in [4.78, 5) is 23.9. The zero-order chi connectivity index (χ0) is 15.1. The number of fused-ring (bicyclic) bond motifs is 2. The largest absolute Gasteiger partial charge is 0.481 e. The van der Waals surface area contributed by atoms with Crippen molar-refractivity contribution in [1.82, 2.24) is 0 Å². The van der Waals surface area contributed by atoms with Gasteiger partial charge in [0.05, 0.1) is 11.8 Å². The van der Waals surface area contributed by atoms with Crippen LogP contribution in [0.15, 0.2) is 30.4 Å². The highest BCUT2D eigenvalue weighted by atomic mass is 35.5. The van der Waals surface area contributed by atoms with Crippen LogP contribution in [0, 0.1) is 30.6 Å². The first-order valence-corrected chi connectivity index (χ1v) is 7.33. The van der Waals surface area contributed by atoms with Gasteiger partial charge in [-0.15, -0.1) is 0 Å². The lowest BCUT2D eigenvalue weighted by atomic mass is 9.82. The summed E-state index contributed by atoms with van der Waals surface area (Å²) in [6, 6.07) is 5.29. The average molecular weight is 306 g/mol. The summed E-state index contributed by atoms with van der Waals surface area (Å²) in [7, 11) is 0. The van der Waals surface area contributed by atoms with E-state index in [1.807, 2.05) is 25.1 Å². The monoisotopic (exact) mass is 305 g/mol. The van der Waals surface area contributed by atoms with Gasteiger partial charge in [0, 0.05) is 10.7 Å². The first-order chi connectivity index (χ1) is 9.97. The third-order valence-electron chi connectivity index (χ3n) is 4.49. The number of anilines is 1. The maximum absolute atomic E-state index is 12.5. The molecule has 2 unspecified atom stereocenters. The Morgan fingerprint density at radius 3 is 2.52 bits per heavy atom. The fourth-order valence-electron chi connectivity index (χ4n) is 3.41. The summed E-state index contributed by atoms with van der Waals surface area (Å²) < 4.78 is 0. The number of carboxylic acid groups (broad SMARTS) is 1. The quantitative estimate of drug-likeness (QED) is 0.843. The van der Waals surface area contributed by atoms with Crippen LogP contribution in [0.4, 0.5) is 5.69 Å². The molecule has 3 rings (SSSR count). The Balaban J connectivity index is 1.80. The van der Waals surface area contributed by atoms with Gasteiger partial charge in [0.15, 0.2) is 0 Å². The van der Waals surface area contributed by atoms with E-state index >= 15 is 0 Å². The van der Waals surface area contributed by atoms with Gasteiger partial charge in [-0.2, -0.15) is 0 Å². The molecule has 0 radical (unpaired) electrons. The third-order valence-corrected chi connectivity index (χ3v) is 4.89. The number of aryl methyl sites for hydroxylation is 1. The van der Waals surface area contributed by atoms with E-state index in [1.165, 1.54) is 0 Å². The lowest BCUT2D eigenvalue weighted by molar-refractivity contribution is -0.146. The summed E-state index contributed by atoms with van der Waals surface area (Å²) in [5.41, 5.74) is 1.53. The molecule has 1 saturated carbocycles. The predicted octanol–water partition coefficient (Wildman–Crippen LogP) is 3.11. The van der Waals surface area contributed by atoms with Gasteiger partial charge in [-0.1, -0.05) is 29.8 Å². The molecule has 0 aliphatic heterocycles. The van der Waals surface area contributed by atoms with Crippen LogP contribution in [-0.4, -0.2) is 17.0 Å². The molecule has 1 aromatic carbocycles. The fourth-order valence-corrected chi connectivity index (χ4v) is 3.59. The molecule has 2 bridgehead atoms. The van der Waals surface area contributed by atoms with Crippen molar-refractivity contribution in [3.8, 4) is 0 Å². The molecule has 110 valence electrons. The molecule has 0 aromatic heterocycles. The van der Waals surface area contributed by atoms with Crippen molar-refractivity contribution >= 4 is 29.2 Å². The van der Waals surface area contributed by atoms with Crippen LogP contribution >= 0.6 is 11.6 Å². The number of carboxylic acids is 1.